The topological polar surface area (TPSA) is 94.2 Å². The lowest BCUT2D eigenvalue weighted by Crippen LogP contribution is -2.48. The first-order valence-corrected chi connectivity index (χ1v) is 12.5. The number of nitrogens with zero attached hydrogens (tertiary/aromatic N) is 1. The van der Waals surface area contributed by atoms with E-state index in [1.807, 2.05) is 30.3 Å². The molecule has 8 nitrogen and oxygen atoms in total. The Bertz CT molecular complexity index is 1170. The Morgan fingerprint density at radius 2 is 1.44 bits per heavy atom. The van der Waals surface area contributed by atoms with E-state index in [-0.39, 0.29) is 13.2 Å². The van der Waals surface area contributed by atoms with E-state index in [0.29, 0.717) is 22.9 Å². The van der Waals surface area contributed by atoms with Gasteiger partial charge >= 0.3 is 0 Å². The highest BCUT2D eigenvalue weighted by atomic mass is 32.2. The number of anilines is 1. The van der Waals surface area contributed by atoms with Gasteiger partial charge < -0.3 is 19.5 Å². The zero-order valence-electron chi connectivity index (χ0n) is 19.3. The van der Waals surface area contributed by atoms with Crippen LogP contribution in [0.15, 0.2) is 78.9 Å². The molecule has 0 aromatic heterocycles. The third-order valence-corrected chi connectivity index (χ3v) is 6.13. The number of para-hydroxylation sites is 1. The van der Waals surface area contributed by atoms with Crippen LogP contribution in [-0.2, 0) is 14.8 Å². The molecule has 0 saturated carbocycles. The van der Waals surface area contributed by atoms with Gasteiger partial charge in [0.2, 0.25) is 15.9 Å². The number of carbonyl (C=O) groups is 1. The second kappa shape index (κ2) is 11.4. The molecule has 3 aromatic carbocycles. The van der Waals surface area contributed by atoms with Crippen LogP contribution >= 0.6 is 0 Å². The van der Waals surface area contributed by atoms with E-state index in [0.717, 1.165) is 16.3 Å². The average molecular weight is 485 g/mol. The molecule has 0 aliphatic carbocycles. The molecule has 0 saturated heterocycles. The molecule has 0 bridgehead atoms. The van der Waals surface area contributed by atoms with Crippen LogP contribution in [0.3, 0.4) is 0 Å². The van der Waals surface area contributed by atoms with Crippen molar-refractivity contribution in [1.82, 2.24) is 5.32 Å². The fourth-order valence-electron chi connectivity index (χ4n) is 3.26. The smallest absolute Gasteiger partial charge is 0.243 e. The van der Waals surface area contributed by atoms with Crippen LogP contribution in [0.4, 0.5) is 5.69 Å². The molecule has 1 N–H and O–H groups in total. The van der Waals surface area contributed by atoms with Crippen molar-refractivity contribution in [2.75, 3.05) is 30.8 Å². The molecule has 0 heterocycles. The molecular formula is C25H28N2O6S. The molecule has 3 aromatic rings. The normalized spacial score (nSPS) is 11.9. The molecule has 34 heavy (non-hydrogen) atoms. The number of hydrogen-bond donors (Lipinski definition) is 1. The fraction of sp³-hybridized carbons (Fsp3) is 0.240. The first-order chi connectivity index (χ1) is 16.3. The number of sulfonamides is 1. The summed E-state index contributed by atoms with van der Waals surface area (Å²) in [5, 5.41) is 2.72. The molecule has 0 spiro atoms. The van der Waals surface area contributed by atoms with Gasteiger partial charge in [0, 0.05) is 0 Å². The highest BCUT2D eigenvalue weighted by molar-refractivity contribution is 7.92. The van der Waals surface area contributed by atoms with E-state index in [2.05, 4.69) is 5.32 Å². The average Bonchev–Trinajstić information content (AvgIpc) is 2.83. The monoisotopic (exact) mass is 484 g/mol. The standard InChI is InChI=1S/C25H28N2O6S/c1-19(25(28)26-17-18-32-22-15-13-21(31-2)14-16-22)27(34(3,29)30)20-9-11-24(12-10-20)33-23-7-5-4-6-8-23/h4-16,19H,17-18H2,1-3H3,(H,26,28)/t19-/m1/s1. The summed E-state index contributed by atoms with van der Waals surface area (Å²) < 4.78 is 42.5. The maximum Gasteiger partial charge on any atom is 0.243 e. The van der Waals surface area contributed by atoms with E-state index in [9.17, 15) is 13.2 Å². The van der Waals surface area contributed by atoms with E-state index in [4.69, 9.17) is 14.2 Å². The van der Waals surface area contributed by atoms with E-state index in [1.165, 1.54) is 6.92 Å². The van der Waals surface area contributed by atoms with Crippen LogP contribution < -0.4 is 23.8 Å². The van der Waals surface area contributed by atoms with Crippen LogP contribution in [0.25, 0.3) is 0 Å². The molecule has 9 heteroatoms. The zero-order valence-corrected chi connectivity index (χ0v) is 20.1. The molecule has 3 rings (SSSR count). The summed E-state index contributed by atoms with van der Waals surface area (Å²) in [6, 6.07) is 21.9. The molecule has 1 atom stereocenters. The Hall–Kier alpha value is -3.72. The van der Waals surface area contributed by atoms with Gasteiger partial charge in [0.1, 0.15) is 35.6 Å². The van der Waals surface area contributed by atoms with Crippen LogP contribution in [-0.4, -0.2) is 46.9 Å². The second-order valence-electron chi connectivity index (χ2n) is 7.46. The fourth-order valence-corrected chi connectivity index (χ4v) is 4.43. The van der Waals surface area contributed by atoms with Crippen molar-refractivity contribution in [2.45, 2.75) is 13.0 Å². The summed E-state index contributed by atoms with van der Waals surface area (Å²) in [6.07, 6.45) is 1.07. The number of nitrogens with one attached hydrogen (secondary N) is 1. The minimum absolute atomic E-state index is 0.219. The predicted octanol–water partition coefficient (Wildman–Crippen LogP) is 3.84. The van der Waals surface area contributed by atoms with Gasteiger partial charge in [-0.25, -0.2) is 8.42 Å². The van der Waals surface area contributed by atoms with Crippen molar-refractivity contribution in [1.29, 1.82) is 0 Å². The summed E-state index contributed by atoms with van der Waals surface area (Å²) in [6.45, 7) is 1.99. The summed E-state index contributed by atoms with van der Waals surface area (Å²) in [5.74, 6) is 2.14. The Morgan fingerprint density at radius 1 is 0.882 bits per heavy atom. The van der Waals surface area contributed by atoms with Gasteiger partial charge in [0.15, 0.2) is 0 Å². The van der Waals surface area contributed by atoms with Crippen LogP contribution in [0.2, 0.25) is 0 Å². The summed E-state index contributed by atoms with van der Waals surface area (Å²) in [4.78, 5) is 12.7. The number of carbonyl (C=O) groups excluding carboxylic acids is 1. The summed E-state index contributed by atoms with van der Waals surface area (Å²) in [7, 11) is -2.14. The van der Waals surface area contributed by atoms with E-state index in [1.54, 1.807) is 55.6 Å². The minimum Gasteiger partial charge on any atom is -0.497 e. The third-order valence-electron chi connectivity index (χ3n) is 4.89. The summed E-state index contributed by atoms with van der Waals surface area (Å²) in [5.41, 5.74) is 0.361. The maximum atomic E-state index is 12.7. The van der Waals surface area contributed by atoms with Gasteiger partial charge in [0.05, 0.1) is 25.6 Å². The van der Waals surface area contributed by atoms with Gasteiger partial charge in [-0.05, 0) is 67.6 Å². The van der Waals surface area contributed by atoms with Crippen LogP contribution in [0.5, 0.6) is 23.0 Å². The van der Waals surface area contributed by atoms with Gasteiger partial charge in [-0.1, -0.05) is 18.2 Å². The molecule has 0 aliphatic rings. The van der Waals surface area contributed by atoms with Gasteiger partial charge in [-0.3, -0.25) is 9.10 Å². The maximum absolute atomic E-state index is 12.7. The number of amides is 1. The molecular weight excluding hydrogens is 456 g/mol. The van der Waals surface area contributed by atoms with Gasteiger partial charge in [-0.2, -0.15) is 0 Å². The lowest BCUT2D eigenvalue weighted by atomic mass is 10.2. The molecule has 180 valence electrons. The zero-order chi connectivity index (χ0) is 24.6. The number of rotatable bonds is 11. The van der Waals surface area contributed by atoms with Crippen molar-refractivity contribution in [2.24, 2.45) is 0 Å². The third kappa shape index (κ3) is 6.89. The van der Waals surface area contributed by atoms with E-state index >= 15 is 0 Å². The minimum atomic E-state index is -3.73. The van der Waals surface area contributed by atoms with Crippen molar-refractivity contribution < 1.29 is 27.4 Å². The van der Waals surface area contributed by atoms with Crippen molar-refractivity contribution in [3.63, 3.8) is 0 Å². The van der Waals surface area contributed by atoms with Crippen molar-refractivity contribution in [3.05, 3.63) is 78.9 Å². The Labute approximate surface area is 200 Å². The quantitative estimate of drug-likeness (QED) is 0.416. The van der Waals surface area contributed by atoms with Crippen molar-refractivity contribution in [3.8, 4) is 23.0 Å². The number of methoxy groups -OCH3 is 1. The number of hydrogen-bond acceptors (Lipinski definition) is 6. The van der Waals surface area contributed by atoms with E-state index < -0.39 is 22.0 Å². The molecule has 0 fully saturated rings. The molecule has 0 aliphatic heterocycles. The number of benzene rings is 3. The SMILES string of the molecule is COc1ccc(OCCNC(=O)[C@@H](C)N(c2ccc(Oc3ccccc3)cc2)S(C)(=O)=O)cc1. The largest absolute Gasteiger partial charge is 0.497 e. The predicted molar refractivity (Wildman–Crippen MR) is 131 cm³/mol. The lowest BCUT2D eigenvalue weighted by molar-refractivity contribution is -0.121. The lowest BCUT2D eigenvalue weighted by Gasteiger charge is -2.28. The van der Waals surface area contributed by atoms with Crippen LogP contribution in [0, 0.1) is 0 Å². The van der Waals surface area contributed by atoms with Crippen molar-refractivity contribution >= 4 is 21.6 Å². The summed E-state index contributed by atoms with van der Waals surface area (Å²) >= 11 is 0. The first kappa shape index (κ1) is 24.9. The number of ether oxygens (including phenoxy) is 3. The second-order valence-corrected chi connectivity index (χ2v) is 9.32. The molecule has 0 unspecified atom stereocenters. The molecule has 1 amide bonds. The first-order valence-electron chi connectivity index (χ1n) is 10.6. The van der Waals surface area contributed by atoms with Gasteiger partial charge in [0.25, 0.3) is 0 Å². The highest BCUT2D eigenvalue weighted by Crippen LogP contribution is 2.27. The Balaban J connectivity index is 1.59. The van der Waals surface area contributed by atoms with Gasteiger partial charge in [-0.15, -0.1) is 0 Å². The Kier molecular flexibility index (Phi) is 8.37. The Morgan fingerprint density at radius 3 is 2.03 bits per heavy atom. The van der Waals surface area contributed by atoms with Crippen LogP contribution in [0.1, 0.15) is 6.92 Å². The highest BCUT2D eigenvalue weighted by Gasteiger charge is 2.29. The molecule has 0 radical (unpaired) electrons.